The average Bonchev–Trinajstić information content (AvgIpc) is 2.74. The molecule has 0 aliphatic carbocycles. The SMILES string of the molecule is O=C(NCCCCNO)c1ccc(N2CCC(c3ccccc3)CC2)cc1. The number of rotatable bonds is 8. The molecule has 1 aliphatic heterocycles. The standard InChI is InChI=1S/C22H29N3O2/c26-22(23-14-4-5-15-24-27)20-8-10-21(11-9-20)25-16-12-19(13-17-25)18-6-2-1-3-7-18/h1-3,6-11,19,24,27H,4-5,12-17H2,(H,23,26). The topological polar surface area (TPSA) is 64.6 Å². The molecule has 0 radical (unpaired) electrons. The molecule has 1 saturated heterocycles. The molecule has 5 nitrogen and oxygen atoms in total. The number of hydrogen-bond acceptors (Lipinski definition) is 4. The molecule has 3 N–H and O–H groups in total. The summed E-state index contributed by atoms with van der Waals surface area (Å²) < 4.78 is 0. The fraction of sp³-hybridized carbons (Fsp3) is 0.409. The lowest BCUT2D eigenvalue weighted by Gasteiger charge is -2.34. The largest absolute Gasteiger partial charge is 0.371 e. The van der Waals surface area contributed by atoms with Crippen LogP contribution in [0.1, 0.15) is 47.5 Å². The molecule has 0 bridgehead atoms. The van der Waals surface area contributed by atoms with Gasteiger partial charge in [0.2, 0.25) is 0 Å². The van der Waals surface area contributed by atoms with Crippen molar-refractivity contribution in [2.75, 3.05) is 31.1 Å². The molecular formula is C22H29N3O2. The number of carbonyl (C=O) groups excluding carboxylic acids is 1. The zero-order valence-corrected chi connectivity index (χ0v) is 15.7. The Morgan fingerprint density at radius 2 is 1.63 bits per heavy atom. The van der Waals surface area contributed by atoms with Gasteiger partial charge in [-0.25, -0.2) is 5.48 Å². The molecule has 3 rings (SSSR count). The van der Waals surface area contributed by atoms with Crippen LogP contribution in [0.3, 0.4) is 0 Å². The Hall–Kier alpha value is -2.37. The molecule has 0 saturated carbocycles. The molecule has 0 unspecified atom stereocenters. The van der Waals surface area contributed by atoms with Gasteiger partial charge in [-0.2, -0.15) is 0 Å². The summed E-state index contributed by atoms with van der Waals surface area (Å²) >= 11 is 0. The third kappa shape index (κ3) is 5.55. The molecule has 0 atom stereocenters. The monoisotopic (exact) mass is 367 g/mol. The molecule has 144 valence electrons. The van der Waals surface area contributed by atoms with Crippen molar-refractivity contribution in [3.8, 4) is 0 Å². The number of hydrogen-bond donors (Lipinski definition) is 3. The van der Waals surface area contributed by atoms with Crippen LogP contribution in [0.4, 0.5) is 5.69 Å². The van der Waals surface area contributed by atoms with Crippen LogP contribution in [0.2, 0.25) is 0 Å². The molecule has 1 fully saturated rings. The fourth-order valence-electron chi connectivity index (χ4n) is 3.65. The Morgan fingerprint density at radius 1 is 0.963 bits per heavy atom. The van der Waals surface area contributed by atoms with Crippen LogP contribution in [-0.4, -0.2) is 37.3 Å². The third-order valence-corrected chi connectivity index (χ3v) is 5.26. The number of benzene rings is 2. The first-order chi connectivity index (χ1) is 13.3. The second-order valence-corrected chi connectivity index (χ2v) is 7.09. The van der Waals surface area contributed by atoms with E-state index in [1.807, 2.05) is 24.3 Å². The molecule has 5 heteroatoms. The molecule has 0 spiro atoms. The highest BCUT2D eigenvalue weighted by Gasteiger charge is 2.20. The van der Waals surface area contributed by atoms with Crippen molar-refractivity contribution in [3.05, 3.63) is 65.7 Å². The van der Waals surface area contributed by atoms with Crippen LogP contribution in [0.25, 0.3) is 0 Å². The van der Waals surface area contributed by atoms with Gasteiger partial charge in [0, 0.05) is 37.4 Å². The minimum absolute atomic E-state index is 0.0405. The first-order valence-electron chi connectivity index (χ1n) is 9.83. The normalized spacial score (nSPS) is 14.9. The van der Waals surface area contributed by atoms with E-state index in [4.69, 9.17) is 5.21 Å². The van der Waals surface area contributed by atoms with Gasteiger partial charge in [-0.05, 0) is 61.4 Å². The van der Waals surface area contributed by atoms with E-state index >= 15 is 0 Å². The number of anilines is 1. The average molecular weight is 367 g/mol. The zero-order chi connectivity index (χ0) is 18.9. The number of carbonyl (C=O) groups is 1. The molecule has 0 aromatic heterocycles. The summed E-state index contributed by atoms with van der Waals surface area (Å²) in [5.41, 5.74) is 5.44. The van der Waals surface area contributed by atoms with E-state index in [2.05, 4.69) is 46.0 Å². The van der Waals surface area contributed by atoms with Crippen LogP contribution in [0, 0.1) is 0 Å². The smallest absolute Gasteiger partial charge is 0.251 e. The van der Waals surface area contributed by atoms with E-state index in [-0.39, 0.29) is 5.91 Å². The quantitative estimate of drug-likeness (QED) is 0.493. The summed E-state index contributed by atoms with van der Waals surface area (Å²) in [5, 5.41) is 11.4. The van der Waals surface area contributed by atoms with Crippen molar-refractivity contribution >= 4 is 11.6 Å². The molecule has 1 aliphatic rings. The minimum Gasteiger partial charge on any atom is -0.371 e. The second kappa shape index (κ2) is 10.1. The highest BCUT2D eigenvalue weighted by atomic mass is 16.5. The lowest BCUT2D eigenvalue weighted by atomic mass is 9.89. The van der Waals surface area contributed by atoms with Crippen molar-refractivity contribution < 1.29 is 10.0 Å². The molecule has 1 heterocycles. The van der Waals surface area contributed by atoms with Crippen molar-refractivity contribution in [3.63, 3.8) is 0 Å². The summed E-state index contributed by atoms with van der Waals surface area (Å²) in [6, 6.07) is 18.7. The highest BCUT2D eigenvalue weighted by Crippen LogP contribution is 2.30. The Bertz CT molecular complexity index is 695. The number of hydroxylamine groups is 1. The van der Waals surface area contributed by atoms with Crippen molar-refractivity contribution in [1.29, 1.82) is 0 Å². The molecule has 27 heavy (non-hydrogen) atoms. The van der Waals surface area contributed by atoms with Crippen LogP contribution < -0.4 is 15.7 Å². The highest BCUT2D eigenvalue weighted by molar-refractivity contribution is 5.94. The van der Waals surface area contributed by atoms with E-state index in [0.29, 0.717) is 24.6 Å². The maximum absolute atomic E-state index is 12.2. The van der Waals surface area contributed by atoms with E-state index in [0.717, 1.165) is 38.8 Å². The number of unbranched alkanes of at least 4 members (excludes halogenated alkanes) is 1. The minimum atomic E-state index is -0.0405. The van der Waals surface area contributed by atoms with Crippen LogP contribution in [0.15, 0.2) is 54.6 Å². The van der Waals surface area contributed by atoms with E-state index in [9.17, 15) is 4.79 Å². The van der Waals surface area contributed by atoms with Gasteiger partial charge >= 0.3 is 0 Å². The van der Waals surface area contributed by atoms with Gasteiger partial charge in [0.25, 0.3) is 5.91 Å². The van der Waals surface area contributed by atoms with Gasteiger partial charge in [-0.1, -0.05) is 30.3 Å². The summed E-state index contributed by atoms with van der Waals surface area (Å²) in [6.07, 6.45) is 3.99. The second-order valence-electron chi connectivity index (χ2n) is 7.09. The van der Waals surface area contributed by atoms with Crippen molar-refractivity contribution in [1.82, 2.24) is 10.8 Å². The zero-order valence-electron chi connectivity index (χ0n) is 15.7. The maximum atomic E-state index is 12.2. The van der Waals surface area contributed by atoms with Gasteiger partial charge in [0.15, 0.2) is 0 Å². The van der Waals surface area contributed by atoms with Crippen LogP contribution in [-0.2, 0) is 0 Å². The number of nitrogens with one attached hydrogen (secondary N) is 2. The van der Waals surface area contributed by atoms with Crippen LogP contribution in [0.5, 0.6) is 0 Å². The molecule has 2 aromatic rings. The van der Waals surface area contributed by atoms with E-state index < -0.39 is 0 Å². The Balaban J connectivity index is 1.47. The first kappa shape index (κ1) is 19.4. The van der Waals surface area contributed by atoms with Gasteiger partial charge in [-0.3, -0.25) is 4.79 Å². The van der Waals surface area contributed by atoms with Crippen molar-refractivity contribution in [2.45, 2.75) is 31.6 Å². The lowest BCUT2D eigenvalue weighted by Crippen LogP contribution is -2.33. The first-order valence-corrected chi connectivity index (χ1v) is 9.83. The molecule has 2 aromatic carbocycles. The summed E-state index contributed by atoms with van der Waals surface area (Å²) in [4.78, 5) is 14.6. The third-order valence-electron chi connectivity index (χ3n) is 5.26. The fourth-order valence-corrected chi connectivity index (χ4v) is 3.65. The summed E-state index contributed by atoms with van der Waals surface area (Å²) in [5.74, 6) is 0.606. The Labute approximate surface area is 161 Å². The Kier molecular flexibility index (Phi) is 7.25. The lowest BCUT2D eigenvalue weighted by molar-refractivity contribution is 0.0952. The predicted molar refractivity (Wildman–Crippen MR) is 108 cm³/mol. The number of nitrogens with zero attached hydrogens (tertiary/aromatic N) is 1. The predicted octanol–water partition coefficient (Wildman–Crippen LogP) is 3.56. The summed E-state index contributed by atoms with van der Waals surface area (Å²) in [6.45, 7) is 3.26. The van der Waals surface area contributed by atoms with Gasteiger partial charge in [0.05, 0.1) is 0 Å². The van der Waals surface area contributed by atoms with Crippen LogP contribution >= 0.6 is 0 Å². The van der Waals surface area contributed by atoms with Gasteiger partial charge in [0.1, 0.15) is 0 Å². The van der Waals surface area contributed by atoms with E-state index in [1.165, 1.54) is 11.3 Å². The molecule has 1 amide bonds. The number of piperidine rings is 1. The van der Waals surface area contributed by atoms with Gasteiger partial charge < -0.3 is 15.4 Å². The Morgan fingerprint density at radius 3 is 2.30 bits per heavy atom. The van der Waals surface area contributed by atoms with E-state index in [1.54, 1.807) is 0 Å². The van der Waals surface area contributed by atoms with Crippen molar-refractivity contribution in [2.24, 2.45) is 0 Å². The number of amides is 1. The summed E-state index contributed by atoms with van der Waals surface area (Å²) in [7, 11) is 0. The maximum Gasteiger partial charge on any atom is 0.251 e. The molecular weight excluding hydrogens is 338 g/mol. The van der Waals surface area contributed by atoms with Gasteiger partial charge in [-0.15, -0.1) is 0 Å².